The van der Waals surface area contributed by atoms with Gasteiger partial charge in [-0.15, -0.1) is 0 Å². The number of esters is 1. The molecular formula is C14H19N3O4. The maximum absolute atomic E-state index is 11.8. The summed E-state index contributed by atoms with van der Waals surface area (Å²) >= 11 is 0. The third-order valence-electron chi connectivity index (χ3n) is 3.63. The molecule has 21 heavy (non-hydrogen) atoms. The zero-order chi connectivity index (χ0) is 15.4. The van der Waals surface area contributed by atoms with E-state index >= 15 is 0 Å². The number of rotatable bonds is 4. The number of anilines is 1. The molecule has 0 spiro atoms. The fourth-order valence-electron chi connectivity index (χ4n) is 2.54. The molecule has 114 valence electrons. The van der Waals surface area contributed by atoms with Gasteiger partial charge in [0.25, 0.3) is 5.69 Å². The zero-order valence-electron chi connectivity index (χ0n) is 12.2. The summed E-state index contributed by atoms with van der Waals surface area (Å²) in [6.07, 6.45) is 2.96. The zero-order valence-corrected chi connectivity index (χ0v) is 12.2. The average molecular weight is 293 g/mol. The van der Waals surface area contributed by atoms with E-state index in [-0.39, 0.29) is 17.6 Å². The highest BCUT2D eigenvalue weighted by Crippen LogP contribution is 2.26. The largest absolute Gasteiger partial charge is 0.466 e. The first-order chi connectivity index (χ1) is 10.0. The molecule has 0 N–H and O–H groups in total. The number of nitro groups is 1. The van der Waals surface area contributed by atoms with Gasteiger partial charge in [-0.2, -0.15) is 0 Å². The lowest BCUT2D eigenvalue weighted by Crippen LogP contribution is -2.39. The Kier molecular flexibility index (Phi) is 4.72. The minimum Gasteiger partial charge on any atom is -0.466 e. The molecule has 2 heterocycles. The summed E-state index contributed by atoms with van der Waals surface area (Å²) in [5.74, 6) is 0.337. The topological polar surface area (TPSA) is 85.6 Å². The van der Waals surface area contributed by atoms with E-state index in [9.17, 15) is 14.9 Å². The van der Waals surface area contributed by atoms with E-state index in [0.717, 1.165) is 19.4 Å². The van der Waals surface area contributed by atoms with Crippen molar-refractivity contribution >= 4 is 17.5 Å². The van der Waals surface area contributed by atoms with Gasteiger partial charge in [-0.25, -0.2) is 4.98 Å². The van der Waals surface area contributed by atoms with Crippen molar-refractivity contribution in [2.45, 2.75) is 26.7 Å². The molecule has 0 bridgehead atoms. The Morgan fingerprint density at radius 1 is 1.62 bits per heavy atom. The van der Waals surface area contributed by atoms with E-state index in [1.807, 2.05) is 4.90 Å². The Bertz CT molecular complexity index is 547. The summed E-state index contributed by atoms with van der Waals surface area (Å²) in [6.45, 7) is 5.20. The molecule has 7 heteroatoms. The van der Waals surface area contributed by atoms with E-state index in [1.165, 1.54) is 6.20 Å². The van der Waals surface area contributed by atoms with Gasteiger partial charge >= 0.3 is 5.97 Å². The Morgan fingerprint density at radius 2 is 2.38 bits per heavy atom. The van der Waals surface area contributed by atoms with Crippen LogP contribution in [0.15, 0.2) is 12.3 Å². The first-order valence-electron chi connectivity index (χ1n) is 7.05. The van der Waals surface area contributed by atoms with Crippen molar-refractivity contribution in [2.75, 3.05) is 24.6 Å². The SMILES string of the molecule is CCOC(=O)[C@@H]1CCCN(c2cc(C)c([N+](=O)[O-])cn2)C1. The van der Waals surface area contributed by atoms with Crippen molar-refractivity contribution < 1.29 is 14.5 Å². The van der Waals surface area contributed by atoms with E-state index in [1.54, 1.807) is 19.9 Å². The molecule has 1 aromatic heterocycles. The fraction of sp³-hybridized carbons (Fsp3) is 0.571. The number of aromatic nitrogens is 1. The van der Waals surface area contributed by atoms with Crippen LogP contribution < -0.4 is 4.90 Å². The molecule has 2 rings (SSSR count). The number of hydrogen-bond acceptors (Lipinski definition) is 6. The molecule has 1 aliphatic rings. The summed E-state index contributed by atoms with van der Waals surface area (Å²) in [5.41, 5.74) is 0.584. The van der Waals surface area contributed by atoms with Gasteiger partial charge in [-0.3, -0.25) is 14.9 Å². The molecule has 0 radical (unpaired) electrons. The van der Waals surface area contributed by atoms with Crippen LogP contribution in [0.25, 0.3) is 0 Å². The summed E-state index contributed by atoms with van der Waals surface area (Å²) in [6, 6.07) is 1.70. The number of hydrogen-bond donors (Lipinski definition) is 0. The van der Waals surface area contributed by atoms with Gasteiger partial charge in [0, 0.05) is 18.7 Å². The number of piperidine rings is 1. The minimum absolute atomic E-state index is 0.0118. The van der Waals surface area contributed by atoms with Crippen molar-refractivity contribution in [1.82, 2.24) is 4.98 Å². The second kappa shape index (κ2) is 6.51. The molecule has 1 aromatic rings. The van der Waals surface area contributed by atoms with Gasteiger partial charge in [0.1, 0.15) is 12.0 Å². The standard InChI is InChI=1S/C14H19N3O4/c1-3-21-14(18)11-5-4-6-16(9-11)13-7-10(2)12(8-15-13)17(19)20/h7-8,11H,3-6,9H2,1-2H3/t11-/m1/s1. The highest BCUT2D eigenvalue weighted by atomic mass is 16.6. The molecule has 1 fully saturated rings. The lowest BCUT2D eigenvalue weighted by Gasteiger charge is -2.32. The van der Waals surface area contributed by atoms with Crippen LogP contribution in [0.5, 0.6) is 0 Å². The third kappa shape index (κ3) is 3.48. The maximum atomic E-state index is 11.8. The Morgan fingerprint density at radius 3 is 3.00 bits per heavy atom. The lowest BCUT2D eigenvalue weighted by molar-refractivity contribution is -0.385. The van der Waals surface area contributed by atoms with Crippen LogP contribution in [0.2, 0.25) is 0 Å². The number of nitrogens with zero attached hydrogens (tertiary/aromatic N) is 3. The molecule has 0 saturated carbocycles. The molecule has 7 nitrogen and oxygen atoms in total. The Hall–Kier alpha value is -2.18. The molecule has 1 atom stereocenters. The van der Waals surface area contributed by atoms with Crippen molar-refractivity contribution in [3.8, 4) is 0 Å². The van der Waals surface area contributed by atoms with E-state index in [0.29, 0.717) is 24.5 Å². The smallest absolute Gasteiger partial charge is 0.310 e. The lowest BCUT2D eigenvalue weighted by atomic mass is 9.98. The predicted molar refractivity (Wildman–Crippen MR) is 77.2 cm³/mol. The minimum atomic E-state index is -0.441. The summed E-state index contributed by atoms with van der Waals surface area (Å²) in [7, 11) is 0. The van der Waals surface area contributed by atoms with E-state index < -0.39 is 4.92 Å². The quantitative estimate of drug-likeness (QED) is 0.480. The summed E-state index contributed by atoms with van der Waals surface area (Å²) in [5, 5.41) is 10.8. The second-order valence-corrected chi connectivity index (χ2v) is 5.12. The van der Waals surface area contributed by atoms with Gasteiger partial charge < -0.3 is 9.64 Å². The van der Waals surface area contributed by atoms with Gasteiger partial charge in [-0.05, 0) is 32.8 Å². The van der Waals surface area contributed by atoms with Crippen LogP contribution in [-0.4, -0.2) is 35.6 Å². The first kappa shape index (κ1) is 15.2. The highest BCUT2D eigenvalue weighted by Gasteiger charge is 2.28. The van der Waals surface area contributed by atoms with Crippen molar-refractivity contribution in [2.24, 2.45) is 5.92 Å². The monoisotopic (exact) mass is 293 g/mol. The van der Waals surface area contributed by atoms with E-state index in [4.69, 9.17) is 4.74 Å². The van der Waals surface area contributed by atoms with Crippen LogP contribution in [0.4, 0.5) is 11.5 Å². The number of pyridine rings is 1. The average Bonchev–Trinajstić information content (AvgIpc) is 2.47. The number of carbonyl (C=O) groups is 1. The summed E-state index contributed by atoms with van der Waals surface area (Å²) < 4.78 is 5.06. The van der Waals surface area contributed by atoms with Crippen LogP contribution in [0, 0.1) is 23.0 Å². The normalized spacial score (nSPS) is 18.4. The Balaban J connectivity index is 2.12. The van der Waals surface area contributed by atoms with Crippen LogP contribution in [-0.2, 0) is 9.53 Å². The Labute approximate surface area is 123 Å². The predicted octanol–water partition coefficient (Wildman–Crippen LogP) is 2.08. The van der Waals surface area contributed by atoms with Crippen molar-refractivity contribution in [3.05, 3.63) is 27.9 Å². The molecule has 0 amide bonds. The van der Waals surface area contributed by atoms with Gasteiger partial charge in [0.05, 0.1) is 17.4 Å². The number of carbonyl (C=O) groups excluding carboxylic acids is 1. The number of aryl methyl sites for hydroxylation is 1. The van der Waals surface area contributed by atoms with Crippen LogP contribution in [0.1, 0.15) is 25.3 Å². The van der Waals surface area contributed by atoms with Gasteiger partial charge in [0.15, 0.2) is 0 Å². The maximum Gasteiger partial charge on any atom is 0.310 e. The van der Waals surface area contributed by atoms with Crippen LogP contribution >= 0.6 is 0 Å². The van der Waals surface area contributed by atoms with Gasteiger partial charge in [0.2, 0.25) is 0 Å². The summed E-state index contributed by atoms with van der Waals surface area (Å²) in [4.78, 5) is 28.3. The highest BCUT2D eigenvalue weighted by molar-refractivity contribution is 5.73. The van der Waals surface area contributed by atoms with E-state index in [2.05, 4.69) is 4.98 Å². The van der Waals surface area contributed by atoms with Gasteiger partial charge in [-0.1, -0.05) is 0 Å². The first-order valence-corrected chi connectivity index (χ1v) is 7.05. The fourth-order valence-corrected chi connectivity index (χ4v) is 2.54. The molecule has 0 aromatic carbocycles. The number of ether oxygens (including phenoxy) is 1. The van der Waals surface area contributed by atoms with Crippen molar-refractivity contribution in [1.29, 1.82) is 0 Å². The van der Waals surface area contributed by atoms with Crippen molar-refractivity contribution in [3.63, 3.8) is 0 Å². The van der Waals surface area contributed by atoms with Crippen LogP contribution in [0.3, 0.4) is 0 Å². The second-order valence-electron chi connectivity index (χ2n) is 5.12. The molecular weight excluding hydrogens is 274 g/mol. The molecule has 0 aliphatic carbocycles. The third-order valence-corrected chi connectivity index (χ3v) is 3.63. The molecule has 1 saturated heterocycles. The molecule has 0 unspecified atom stereocenters. The molecule has 1 aliphatic heterocycles.